The van der Waals surface area contributed by atoms with E-state index in [0.29, 0.717) is 13.3 Å². The zero-order chi connectivity index (χ0) is 10.7. The number of aliphatic imine (C=N–C) groups is 1. The van der Waals surface area contributed by atoms with Gasteiger partial charge in [-0.2, -0.15) is 0 Å². The average molecular weight is 208 g/mol. The molecule has 1 aliphatic heterocycles. The standard InChI is InChI=1S/C11H16N2O2/c1-2-15-10(14)11(5-3-6-11)13-8-4-7-12-9-13/h4,7-8H,2-3,5-6,9H2,1H3. The van der Waals surface area contributed by atoms with Crippen LogP contribution in [0.3, 0.4) is 0 Å². The zero-order valence-corrected chi connectivity index (χ0v) is 8.98. The number of carbonyl (C=O) groups is 1. The molecule has 0 radical (unpaired) electrons. The Kier molecular flexibility index (Phi) is 2.75. The van der Waals surface area contributed by atoms with E-state index in [-0.39, 0.29) is 5.97 Å². The fraction of sp³-hybridized carbons (Fsp3) is 0.636. The van der Waals surface area contributed by atoms with E-state index >= 15 is 0 Å². The first-order valence-corrected chi connectivity index (χ1v) is 5.40. The first kappa shape index (κ1) is 10.2. The Morgan fingerprint density at radius 3 is 2.87 bits per heavy atom. The highest BCUT2D eigenvalue weighted by Crippen LogP contribution is 2.39. The molecular formula is C11H16N2O2. The van der Waals surface area contributed by atoms with Gasteiger partial charge < -0.3 is 9.64 Å². The molecule has 1 saturated carbocycles. The smallest absolute Gasteiger partial charge is 0.332 e. The minimum absolute atomic E-state index is 0.0991. The van der Waals surface area contributed by atoms with Gasteiger partial charge >= 0.3 is 5.97 Å². The van der Waals surface area contributed by atoms with E-state index < -0.39 is 5.54 Å². The second-order valence-corrected chi connectivity index (χ2v) is 3.89. The van der Waals surface area contributed by atoms with Crippen molar-refractivity contribution in [1.82, 2.24) is 4.90 Å². The lowest BCUT2D eigenvalue weighted by Gasteiger charge is -2.47. The van der Waals surface area contributed by atoms with Crippen molar-refractivity contribution in [2.24, 2.45) is 4.99 Å². The highest BCUT2D eigenvalue weighted by molar-refractivity contribution is 5.82. The van der Waals surface area contributed by atoms with Crippen LogP contribution in [0, 0.1) is 0 Å². The van der Waals surface area contributed by atoms with Gasteiger partial charge in [-0.3, -0.25) is 4.99 Å². The van der Waals surface area contributed by atoms with Crippen LogP contribution < -0.4 is 0 Å². The molecule has 4 heteroatoms. The largest absolute Gasteiger partial charge is 0.464 e. The normalized spacial score (nSPS) is 22.3. The molecular weight excluding hydrogens is 192 g/mol. The van der Waals surface area contributed by atoms with E-state index in [1.54, 1.807) is 6.21 Å². The zero-order valence-electron chi connectivity index (χ0n) is 8.98. The van der Waals surface area contributed by atoms with Gasteiger partial charge in [0, 0.05) is 12.4 Å². The Hall–Kier alpha value is -1.32. The molecule has 0 unspecified atom stereocenters. The van der Waals surface area contributed by atoms with E-state index in [0.717, 1.165) is 19.3 Å². The summed E-state index contributed by atoms with van der Waals surface area (Å²) < 4.78 is 5.14. The molecule has 0 saturated heterocycles. The summed E-state index contributed by atoms with van der Waals surface area (Å²) in [6, 6.07) is 0. The summed E-state index contributed by atoms with van der Waals surface area (Å²) >= 11 is 0. The Morgan fingerprint density at radius 2 is 2.40 bits per heavy atom. The molecule has 0 N–H and O–H groups in total. The van der Waals surface area contributed by atoms with Crippen LogP contribution in [0.25, 0.3) is 0 Å². The van der Waals surface area contributed by atoms with Gasteiger partial charge in [-0.25, -0.2) is 4.79 Å². The quantitative estimate of drug-likeness (QED) is 0.657. The maximum Gasteiger partial charge on any atom is 0.332 e. The maximum atomic E-state index is 11.9. The fourth-order valence-electron chi connectivity index (χ4n) is 2.05. The van der Waals surface area contributed by atoms with E-state index in [2.05, 4.69) is 4.99 Å². The molecule has 0 spiro atoms. The molecule has 82 valence electrons. The number of hydrogen-bond donors (Lipinski definition) is 0. The van der Waals surface area contributed by atoms with E-state index in [1.807, 2.05) is 24.1 Å². The molecule has 2 rings (SSSR count). The van der Waals surface area contributed by atoms with Crippen molar-refractivity contribution in [3.8, 4) is 0 Å². The number of ether oxygens (including phenoxy) is 1. The Morgan fingerprint density at radius 1 is 1.60 bits per heavy atom. The minimum atomic E-state index is -0.426. The Labute approximate surface area is 89.6 Å². The van der Waals surface area contributed by atoms with Crippen molar-refractivity contribution in [1.29, 1.82) is 0 Å². The summed E-state index contributed by atoms with van der Waals surface area (Å²) in [4.78, 5) is 18.0. The van der Waals surface area contributed by atoms with Crippen LogP contribution >= 0.6 is 0 Å². The van der Waals surface area contributed by atoms with Gasteiger partial charge in [-0.1, -0.05) is 0 Å². The second-order valence-electron chi connectivity index (χ2n) is 3.89. The number of carbonyl (C=O) groups excluding carboxylic acids is 1. The molecule has 0 aromatic carbocycles. The summed E-state index contributed by atoms with van der Waals surface area (Å²) in [6.07, 6.45) is 8.41. The topological polar surface area (TPSA) is 41.9 Å². The second kappa shape index (κ2) is 4.04. The lowest BCUT2D eigenvalue weighted by molar-refractivity contribution is -0.162. The third kappa shape index (κ3) is 1.64. The molecule has 1 fully saturated rings. The average Bonchev–Trinajstić information content (AvgIpc) is 2.18. The third-order valence-electron chi connectivity index (χ3n) is 3.08. The van der Waals surface area contributed by atoms with Gasteiger partial charge in [0.05, 0.1) is 6.61 Å². The van der Waals surface area contributed by atoms with Crippen molar-refractivity contribution >= 4 is 12.2 Å². The van der Waals surface area contributed by atoms with Gasteiger partial charge in [-0.05, 0) is 32.3 Å². The number of allylic oxidation sites excluding steroid dienone is 1. The van der Waals surface area contributed by atoms with Crippen molar-refractivity contribution in [3.05, 3.63) is 12.3 Å². The number of nitrogens with zero attached hydrogens (tertiary/aromatic N) is 2. The first-order chi connectivity index (χ1) is 7.29. The lowest BCUT2D eigenvalue weighted by Crippen LogP contribution is -2.58. The molecule has 15 heavy (non-hydrogen) atoms. The van der Waals surface area contributed by atoms with E-state index in [9.17, 15) is 4.79 Å². The molecule has 0 amide bonds. The minimum Gasteiger partial charge on any atom is -0.464 e. The van der Waals surface area contributed by atoms with E-state index in [4.69, 9.17) is 4.74 Å². The van der Waals surface area contributed by atoms with Crippen LogP contribution in [0.2, 0.25) is 0 Å². The Balaban J connectivity index is 2.10. The van der Waals surface area contributed by atoms with Crippen LogP contribution in [0.15, 0.2) is 17.3 Å². The molecule has 0 aromatic rings. The summed E-state index contributed by atoms with van der Waals surface area (Å²) in [5, 5.41) is 0. The monoisotopic (exact) mass is 208 g/mol. The molecule has 0 atom stereocenters. The van der Waals surface area contributed by atoms with Gasteiger partial charge in [0.2, 0.25) is 0 Å². The Bertz CT molecular complexity index is 306. The van der Waals surface area contributed by atoms with E-state index in [1.165, 1.54) is 0 Å². The molecule has 1 aliphatic carbocycles. The molecule has 0 aromatic heterocycles. The van der Waals surface area contributed by atoms with Crippen LogP contribution in [0.1, 0.15) is 26.2 Å². The number of hydrogen-bond acceptors (Lipinski definition) is 4. The van der Waals surface area contributed by atoms with Gasteiger partial charge in [0.15, 0.2) is 0 Å². The first-order valence-electron chi connectivity index (χ1n) is 5.40. The maximum absolute atomic E-state index is 11.9. The molecule has 1 heterocycles. The van der Waals surface area contributed by atoms with Crippen molar-refractivity contribution in [3.63, 3.8) is 0 Å². The summed E-state index contributed by atoms with van der Waals surface area (Å²) in [5.74, 6) is -0.0991. The predicted octanol–water partition coefficient (Wildman–Crippen LogP) is 1.33. The van der Waals surface area contributed by atoms with Crippen molar-refractivity contribution < 1.29 is 9.53 Å². The highest BCUT2D eigenvalue weighted by Gasteiger charge is 2.49. The van der Waals surface area contributed by atoms with Crippen LogP contribution in [0.4, 0.5) is 0 Å². The predicted molar refractivity (Wildman–Crippen MR) is 57.6 cm³/mol. The molecule has 4 nitrogen and oxygen atoms in total. The van der Waals surface area contributed by atoms with Gasteiger partial charge in [0.1, 0.15) is 12.2 Å². The lowest BCUT2D eigenvalue weighted by atomic mass is 9.75. The van der Waals surface area contributed by atoms with Gasteiger partial charge in [-0.15, -0.1) is 0 Å². The number of rotatable bonds is 3. The fourth-order valence-corrected chi connectivity index (χ4v) is 2.05. The van der Waals surface area contributed by atoms with Crippen LogP contribution in [0.5, 0.6) is 0 Å². The summed E-state index contributed by atoms with van der Waals surface area (Å²) in [5.41, 5.74) is -0.426. The van der Waals surface area contributed by atoms with Crippen LogP contribution in [-0.4, -0.2) is 35.9 Å². The van der Waals surface area contributed by atoms with Crippen LogP contribution in [-0.2, 0) is 9.53 Å². The SMILES string of the molecule is CCOC(=O)C1(N2C=CC=NC2)CCC1. The molecule has 2 aliphatic rings. The number of esters is 1. The highest BCUT2D eigenvalue weighted by atomic mass is 16.5. The summed E-state index contributed by atoms with van der Waals surface area (Å²) in [6.45, 7) is 2.85. The summed E-state index contributed by atoms with van der Waals surface area (Å²) in [7, 11) is 0. The van der Waals surface area contributed by atoms with Crippen molar-refractivity contribution in [2.45, 2.75) is 31.7 Å². The van der Waals surface area contributed by atoms with Gasteiger partial charge in [0.25, 0.3) is 0 Å². The third-order valence-corrected chi connectivity index (χ3v) is 3.08. The molecule has 0 bridgehead atoms. The van der Waals surface area contributed by atoms with Crippen molar-refractivity contribution in [2.75, 3.05) is 13.3 Å².